The fraction of sp³-hybridized carbons (Fsp3) is 0.857. The van der Waals surface area contributed by atoms with E-state index >= 15 is 0 Å². The van der Waals surface area contributed by atoms with Crippen molar-refractivity contribution in [2.45, 2.75) is 79.1 Å². The largest absolute Gasteiger partial charge is 0.342 e. The Bertz CT molecular complexity index is 253. The summed E-state index contributed by atoms with van der Waals surface area (Å²) in [6.45, 7) is 17.1. The minimum Gasteiger partial charge on any atom is -0.342 e. The van der Waals surface area contributed by atoms with E-state index in [0.29, 0.717) is 10.5 Å². The van der Waals surface area contributed by atoms with E-state index < -0.39 is 0 Å². The molecule has 0 saturated carbocycles. The van der Waals surface area contributed by atoms with E-state index in [-0.39, 0.29) is 16.8 Å². The summed E-state index contributed by atoms with van der Waals surface area (Å²) in [6.07, 6.45) is 2.55. The van der Waals surface area contributed by atoms with Gasteiger partial charge in [-0.25, -0.2) is 4.89 Å². The van der Waals surface area contributed by atoms with Crippen molar-refractivity contribution in [3.05, 3.63) is 12.5 Å². The molecule has 0 bridgehead atoms. The van der Waals surface area contributed by atoms with Gasteiger partial charge in [0, 0.05) is 0 Å². The summed E-state index contributed by atoms with van der Waals surface area (Å²) in [4.78, 5) is 24.1. The van der Waals surface area contributed by atoms with Crippen molar-refractivity contribution in [1.82, 2.24) is 0 Å². The standard InChI is InChI=1S/C10H20O4.C4H12O2Si/c1-9(2,3)13-11-7-8-12-14-10(4,5)6;1-4(2,3)5-6-7/h7-8H,1-6H3;1-3,7H3. The van der Waals surface area contributed by atoms with E-state index in [0.717, 1.165) is 0 Å². The highest BCUT2D eigenvalue weighted by molar-refractivity contribution is 5.97. The van der Waals surface area contributed by atoms with E-state index in [1.54, 1.807) is 0 Å². The lowest BCUT2D eigenvalue weighted by molar-refractivity contribution is -0.328. The second kappa shape index (κ2) is 10.2. The van der Waals surface area contributed by atoms with Crippen LogP contribution in [-0.4, -0.2) is 27.3 Å². The van der Waals surface area contributed by atoms with Crippen LogP contribution in [0.1, 0.15) is 62.3 Å². The first kappa shape index (κ1) is 22.7. The number of hydrogen-bond acceptors (Lipinski definition) is 6. The van der Waals surface area contributed by atoms with Gasteiger partial charge in [-0.15, -0.1) is 0 Å². The molecule has 0 saturated heterocycles. The normalized spacial score (nSPS) is 13.0. The van der Waals surface area contributed by atoms with Gasteiger partial charge in [-0.05, 0) is 62.3 Å². The lowest BCUT2D eigenvalue weighted by atomic mass is 10.2. The lowest BCUT2D eigenvalue weighted by Crippen LogP contribution is -2.18. The Morgan fingerprint density at radius 3 is 1.00 bits per heavy atom. The monoisotopic (exact) mass is 324 g/mol. The second-order valence-electron chi connectivity index (χ2n) is 7.22. The molecule has 0 fully saturated rings. The van der Waals surface area contributed by atoms with Crippen LogP contribution in [0.2, 0.25) is 0 Å². The molecule has 0 aliphatic heterocycles. The fourth-order valence-corrected chi connectivity index (χ4v) is 1.14. The van der Waals surface area contributed by atoms with Crippen molar-refractivity contribution in [1.29, 1.82) is 0 Å². The van der Waals surface area contributed by atoms with Crippen LogP contribution in [-0.2, 0) is 29.0 Å². The summed E-state index contributed by atoms with van der Waals surface area (Å²) < 4.78 is 4.55. The van der Waals surface area contributed by atoms with Crippen LogP contribution < -0.4 is 0 Å². The molecule has 0 N–H and O–H groups in total. The first-order chi connectivity index (χ1) is 9.27. The summed E-state index contributed by atoms with van der Waals surface area (Å²) >= 11 is 0. The molecule has 0 spiro atoms. The molecule has 0 aromatic carbocycles. The van der Waals surface area contributed by atoms with E-state index in [1.165, 1.54) is 12.5 Å². The third-order valence-corrected chi connectivity index (χ3v) is 1.26. The molecule has 0 aromatic rings. The summed E-state index contributed by atoms with van der Waals surface area (Å²) in [5.41, 5.74) is -0.813. The van der Waals surface area contributed by atoms with Gasteiger partial charge in [-0.1, -0.05) is 0 Å². The summed E-state index contributed by atoms with van der Waals surface area (Å²) in [7, 11) is 0.648. The SMILES string of the molecule is CC(C)(C)OOC=COOC(C)(C)C.CC(C)(C)OO[SiH3]. The van der Waals surface area contributed by atoms with Gasteiger partial charge >= 0.3 is 0 Å². The average Bonchev–Trinajstić information content (AvgIpc) is 2.19. The molecule has 0 aliphatic carbocycles. The number of hydrogen-bond donors (Lipinski definition) is 0. The quantitative estimate of drug-likeness (QED) is 0.335. The van der Waals surface area contributed by atoms with Gasteiger partial charge in [0.05, 0.1) is 5.60 Å². The maximum atomic E-state index is 4.94. The predicted molar refractivity (Wildman–Crippen MR) is 84.8 cm³/mol. The van der Waals surface area contributed by atoms with Gasteiger partial charge in [-0.3, -0.25) is 4.58 Å². The Labute approximate surface area is 132 Å². The van der Waals surface area contributed by atoms with Crippen molar-refractivity contribution < 1.29 is 29.0 Å². The molecule has 0 heterocycles. The first-order valence-corrected chi connectivity index (χ1v) is 7.64. The summed E-state index contributed by atoms with van der Waals surface area (Å²) in [5, 5.41) is 0. The lowest BCUT2D eigenvalue weighted by Gasteiger charge is -2.16. The van der Waals surface area contributed by atoms with Crippen molar-refractivity contribution in [3.63, 3.8) is 0 Å². The highest BCUT2D eigenvalue weighted by Gasteiger charge is 2.12. The second-order valence-corrected chi connectivity index (χ2v) is 7.55. The molecule has 0 atom stereocenters. The third kappa shape index (κ3) is 28.3. The van der Waals surface area contributed by atoms with Crippen molar-refractivity contribution in [2.24, 2.45) is 0 Å². The van der Waals surface area contributed by atoms with Crippen LogP contribution in [0.3, 0.4) is 0 Å². The molecule has 0 unspecified atom stereocenters. The van der Waals surface area contributed by atoms with Crippen LogP contribution in [0, 0.1) is 0 Å². The molecule has 0 rings (SSSR count). The number of rotatable bonds is 5. The molecule has 0 amide bonds. The highest BCUT2D eigenvalue weighted by atomic mass is 28.2. The van der Waals surface area contributed by atoms with E-state index in [4.69, 9.17) is 24.4 Å². The Hall–Kier alpha value is -0.603. The van der Waals surface area contributed by atoms with Gasteiger partial charge in [0.1, 0.15) is 11.2 Å². The minimum atomic E-state index is -0.338. The van der Waals surface area contributed by atoms with E-state index in [1.807, 2.05) is 62.3 Å². The molecule has 0 aliphatic rings. The Morgan fingerprint density at radius 1 is 0.571 bits per heavy atom. The fourth-order valence-electron chi connectivity index (χ4n) is 0.640. The maximum absolute atomic E-state index is 4.94. The average molecular weight is 324 g/mol. The van der Waals surface area contributed by atoms with Crippen molar-refractivity contribution >= 4 is 10.5 Å². The molecular weight excluding hydrogens is 292 g/mol. The molecule has 6 nitrogen and oxygen atoms in total. The van der Waals surface area contributed by atoms with Crippen molar-refractivity contribution in [2.75, 3.05) is 0 Å². The van der Waals surface area contributed by atoms with Crippen LogP contribution in [0.4, 0.5) is 0 Å². The molecule has 7 heteroatoms. The van der Waals surface area contributed by atoms with Gasteiger partial charge in [0.2, 0.25) is 0 Å². The molecular formula is C14H32O6Si. The van der Waals surface area contributed by atoms with Gasteiger partial charge in [-0.2, -0.15) is 9.78 Å². The Kier molecular flexibility index (Phi) is 11.0. The van der Waals surface area contributed by atoms with E-state index in [9.17, 15) is 0 Å². The topological polar surface area (TPSA) is 55.4 Å². The van der Waals surface area contributed by atoms with Crippen LogP contribution >= 0.6 is 0 Å². The zero-order valence-electron chi connectivity index (χ0n) is 15.1. The van der Waals surface area contributed by atoms with Crippen molar-refractivity contribution in [3.8, 4) is 0 Å². The molecule has 0 radical (unpaired) electrons. The smallest absolute Gasteiger partial charge is 0.193 e. The Balaban J connectivity index is 0. The Morgan fingerprint density at radius 2 is 0.857 bits per heavy atom. The zero-order chi connectivity index (χ0) is 17.2. The zero-order valence-corrected chi connectivity index (χ0v) is 17.1. The molecule has 21 heavy (non-hydrogen) atoms. The summed E-state index contributed by atoms with van der Waals surface area (Å²) in [6, 6.07) is 0. The predicted octanol–water partition coefficient (Wildman–Crippen LogP) is 2.96. The highest BCUT2D eigenvalue weighted by Crippen LogP contribution is 2.08. The van der Waals surface area contributed by atoms with Gasteiger partial charge in [0.15, 0.2) is 23.0 Å². The molecule has 0 aromatic heterocycles. The molecule has 128 valence electrons. The van der Waals surface area contributed by atoms with Gasteiger partial charge < -0.3 is 9.78 Å². The maximum Gasteiger partial charge on any atom is 0.193 e. The minimum absolute atomic E-state index is 0.137. The first-order valence-electron chi connectivity index (χ1n) is 6.83. The van der Waals surface area contributed by atoms with E-state index in [2.05, 4.69) is 4.58 Å². The van der Waals surface area contributed by atoms with Crippen LogP contribution in [0.25, 0.3) is 0 Å². The van der Waals surface area contributed by atoms with Gasteiger partial charge in [0.25, 0.3) is 0 Å². The summed E-state index contributed by atoms with van der Waals surface area (Å²) in [5.74, 6) is 0. The van der Waals surface area contributed by atoms with Crippen LogP contribution in [0.5, 0.6) is 0 Å². The van der Waals surface area contributed by atoms with Crippen LogP contribution in [0.15, 0.2) is 12.5 Å². The third-order valence-electron chi connectivity index (χ3n) is 1.10.